The van der Waals surface area contributed by atoms with Gasteiger partial charge in [-0.05, 0) is 24.6 Å². The van der Waals surface area contributed by atoms with Gasteiger partial charge in [-0.3, -0.25) is 4.79 Å². The number of aromatic carboxylic acids is 1. The number of hydrogen-bond acceptors (Lipinski definition) is 6. The van der Waals surface area contributed by atoms with Crippen LogP contribution in [-0.2, 0) is 22.7 Å². The summed E-state index contributed by atoms with van der Waals surface area (Å²) >= 11 is 0. The number of carboxylic acids is 1. The molecule has 0 spiro atoms. The standard InChI is InChI=1S/C14H15N3O5/c1-9-16-13(22-17-9)8-21-7-12(18)15-6-10-2-4-11(5-3-10)14(19)20/h2-5H,6-8H2,1H3,(H,15,18)(H,19,20). The molecule has 0 unspecified atom stereocenters. The van der Waals surface area contributed by atoms with E-state index in [1.54, 1.807) is 19.1 Å². The minimum Gasteiger partial charge on any atom is -0.478 e. The van der Waals surface area contributed by atoms with Crippen LogP contribution in [0.15, 0.2) is 28.8 Å². The monoisotopic (exact) mass is 305 g/mol. The number of hydrogen-bond donors (Lipinski definition) is 2. The van der Waals surface area contributed by atoms with Crippen LogP contribution in [0.1, 0.15) is 27.6 Å². The van der Waals surface area contributed by atoms with Gasteiger partial charge in [0, 0.05) is 6.54 Å². The zero-order valence-corrected chi connectivity index (χ0v) is 11.9. The molecule has 2 N–H and O–H groups in total. The average molecular weight is 305 g/mol. The van der Waals surface area contributed by atoms with Crippen LogP contribution in [0.2, 0.25) is 0 Å². The number of ether oxygens (including phenoxy) is 1. The van der Waals surface area contributed by atoms with Crippen LogP contribution in [0.4, 0.5) is 0 Å². The fraction of sp³-hybridized carbons (Fsp3) is 0.286. The van der Waals surface area contributed by atoms with Gasteiger partial charge in [-0.25, -0.2) is 4.79 Å². The molecule has 0 bridgehead atoms. The van der Waals surface area contributed by atoms with E-state index in [9.17, 15) is 9.59 Å². The summed E-state index contributed by atoms with van der Waals surface area (Å²) < 4.78 is 9.99. The van der Waals surface area contributed by atoms with Gasteiger partial charge < -0.3 is 19.7 Å². The van der Waals surface area contributed by atoms with E-state index in [1.165, 1.54) is 12.1 Å². The van der Waals surface area contributed by atoms with E-state index in [2.05, 4.69) is 15.5 Å². The number of carbonyl (C=O) groups excluding carboxylic acids is 1. The first-order chi connectivity index (χ1) is 10.5. The Kier molecular flexibility index (Phi) is 5.21. The van der Waals surface area contributed by atoms with E-state index in [-0.39, 0.29) is 24.7 Å². The Balaban J connectivity index is 1.69. The van der Waals surface area contributed by atoms with E-state index in [0.29, 0.717) is 18.3 Å². The van der Waals surface area contributed by atoms with E-state index in [4.69, 9.17) is 14.4 Å². The highest BCUT2D eigenvalue weighted by atomic mass is 16.5. The largest absolute Gasteiger partial charge is 0.478 e. The number of carboxylic acid groups (broad SMARTS) is 1. The highest BCUT2D eigenvalue weighted by molar-refractivity contribution is 5.87. The van der Waals surface area contributed by atoms with Gasteiger partial charge in [0.15, 0.2) is 5.82 Å². The molecule has 0 aliphatic heterocycles. The number of benzene rings is 1. The third-order valence-corrected chi connectivity index (χ3v) is 2.72. The SMILES string of the molecule is Cc1noc(COCC(=O)NCc2ccc(C(=O)O)cc2)n1. The number of nitrogens with one attached hydrogen (secondary N) is 1. The van der Waals surface area contributed by atoms with E-state index in [1.807, 2.05) is 0 Å². The molecule has 2 aromatic rings. The zero-order valence-electron chi connectivity index (χ0n) is 11.9. The summed E-state index contributed by atoms with van der Waals surface area (Å²) in [5.41, 5.74) is 0.999. The van der Waals surface area contributed by atoms with Crippen LogP contribution in [0.25, 0.3) is 0 Å². The zero-order chi connectivity index (χ0) is 15.9. The molecule has 2 rings (SSSR count). The summed E-state index contributed by atoms with van der Waals surface area (Å²) in [6, 6.07) is 6.26. The molecule has 1 aromatic heterocycles. The van der Waals surface area contributed by atoms with Crippen LogP contribution < -0.4 is 5.32 Å². The second-order valence-electron chi connectivity index (χ2n) is 4.51. The van der Waals surface area contributed by atoms with Gasteiger partial charge in [0.1, 0.15) is 13.2 Å². The van der Waals surface area contributed by atoms with Crippen molar-refractivity contribution >= 4 is 11.9 Å². The Morgan fingerprint density at radius 2 is 2.05 bits per heavy atom. The van der Waals surface area contributed by atoms with Gasteiger partial charge in [0.05, 0.1) is 5.56 Å². The second kappa shape index (κ2) is 7.32. The number of carbonyl (C=O) groups is 2. The molecular weight excluding hydrogens is 290 g/mol. The summed E-state index contributed by atoms with van der Waals surface area (Å²) in [7, 11) is 0. The number of aromatic nitrogens is 2. The van der Waals surface area contributed by atoms with Crippen LogP contribution in [0.5, 0.6) is 0 Å². The van der Waals surface area contributed by atoms with Crippen molar-refractivity contribution in [2.24, 2.45) is 0 Å². The minimum atomic E-state index is -0.986. The molecule has 0 radical (unpaired) electrons. The lowest BCUT2D eigenvalue weighted by Crippen LogP contribution is -2.27. The Morgan fingerprint density at radius 3 is 2.64 bits per heavy atom. The van der Waals surface area contributed by atoms with Gasteiger partial charge in [0.2, 0.25) is 5.91 Å². The molecule has 1 heterocycles. The maximum absolute atomic E-state index is 11.6. The van der Waals surface area contributed by atoms with Crippen molar-refractivity contribution in [3.63, 3.8) is 0 Å². The van der Waals surface area contributed by atoms with Crippen LogP contribution in [-0.4, -0.2) is 33.7 Å². The first-order valence-corrected chi connectivity index (χ1v) is 6.50. The van der Waals surface area contributed by atoms with Gasteiger partial charge in [-0.1, -0.05) is 17.3 Å². The minimum absolute atomic E-state index is 0.0710. The van der Waals surface area contributed by atoms with Gasteiger partial charge in [0.25, 0.3) is 5.89 Å². The molecule has 0 aliphatic rings. The van der Waals surface area contributed by atoms with E-state index < -0.39 is 5.97 Å². The van der Waals surface area contributed by atoms with Crippen molar-refractivity contribution in [2.75, 3.05) is 6.61 Å². The second-order valence-corrected chi connectivity index (χ2v) is 4.51. The third kappa shape index (κ3) is 4.67. The quantitative estimate of drug-likeness (QED) is 0.781. The topological polar surface area (TPSA) is 115 Å². The molecule has 22 heavy (non-hydrogen) atoms. The number of nitrogens with zero attached hydrogens (tertiary/aromatic N) is 2. The molecular formula is C14H15N3O5. The Labute approximate surface area is 126 Å². The number of rotatable bonds is 7. The summed E-state index contributed by atoms with van der Waals surface area (Å²) in [5, 5.41) is 15.0. The maximum Gasteiger partial charge on any atom is 0.335 e. The maximum atomic E-state index is 11.6. The lowest BCUT2D eigenvalue weighted by Gasteiger charge is -2.05. The van der Waals surface area contributed by atoms with Crippen molar-refractivity contribution in [1.82, 2.24) is 15.5 Å². The third-order valence-electron chi connectivity index (χ3n) is 2.72. The molecule has 0 saturated heterocycles. The van der Waals surface area contributed by atoms with Crippen LogP contribution in [0.3, 0.4) is 0 Å². The predicted octanol–water partition coefficient (Wildman–Crippen LogP) is 0.909. The number of amides is 1. The fourth-order valence-electron chi connectivity index (χ4n) is 1.65. The highest BCUT2D eigenvalue weighted by Gasteiger charge is 2.06. The summed E-state index contributed by atoms with van der Waals surface area (Å²) in [6.07, 6.45) is 0. The van der Waals surface area contributed by atoms with Crippen molar-refractivity contribution in [1.29, 1.82) is 0 Å². The lowest BCUT2D eigenvalue weighted by atomic mass is 10.1. The molecule has 0 saturated carbocycles. The first-order valence-electron chi connectivity index (χ1n) is 6.50. The van der Waals surface area contributed by atoms with Crippen molar-refractivity contribution in [3.05, 3.63) is 47.1 Å². The van der Waals surface area contributed by atoms with Crippen molar-refractivity contribution in [3.8, 4) is 0 Å². The van der Waals surface area contributed by atoms with Crippen molar-refractivity contribution < 1.29 is 24.0 Å². The molecule has 116 valence electrons. The van der Waals surface area contributed by atoms with Gasteiger partial charge in [-0.2, -0.15) is 4.98 Å². The lowest BCUT2D eigenvalue weighted by molar-refractivity contribution is -0.126. The van der Waals surface area contributed by atoms with Gasteiger partial charge in [-0.15, -0.1) is 0 Å². The molecule has 0 aliphatic carbocycles. The Morgan fingerprint density at radius 1 is 1.32 bits per heavy atom. The Bertz CT molecular complexity index is 651. The molecule has 8 nitrogen and oxygen atoms in total. The average Bonchev–Trinajstić information content (AvgIpc) is 2.91. The van der Waals surface area contributed by atoms with Gasteiger partial charge >= 0.3 is 5.97 Å². The molecule has 1 amide bonds. The smallest absolute Gasteiger partial charge is 0.335 e. The molecule has 8 heteroatoms. The van der Waals surface area contributed by atoms with Crippen LogP contribution in [0, 0.1) is 6.92 Å². The van der Waals surface area contributed by atoms with Crippen LogP contribution >= 0.6 is 0 Å². The molecule has 0 atom stereocenters. The molecule has 1 aromatic carbocycles. The summed E-state index contributed by atoms with van der Waals surface area (Å²) in [5.74, 6) is -0.457. The highest BCUT2D eigenvalue weighted by Crippen LogP contribution is 2.04. The first kappa shape index (κ1) is 15.6. The molecule has 0 fully saturated rings. The van der Waals surface area contributed by atoms with E-state index >= 15 is 0 Å². The summed E-state index contributed by atoms with van der Waals surface area (Å²) in [4.78, 5) is 26.2. The number of aryl methyl sites for hydroxylation is 1. The van der Waals surface area contributed by atoms with Crippen molar-refractivity contribution in [2.45, 2.75) is 20.1 Å². The fourth-order valence-corrected chi connectivity index (χ4v) is 1.65. The predicted molar refractivity (Wildman–Crippen MR) is 73.9 cm³/mol. The Hall–Kier alpha value is -2.74. The van der Waals surface area contributed by atoms with E-state index in [0.717, 1.165) is 5.56 Å². The normalized spacial score (nSPS) is 10.4. The summed E-state index contributed by atoms with van der Waals surface area (Å²) in [6.45, 7) is 1.92.